The summed E-state index contributed by atoms with van der Waals surface area (Å²) in [6.07, 6.45) is 7.29. The van der Waals surface area contributed by atoms with E-state index < -0.39 is 11.4 Å². The molecular weight excluding hydrogens is 643 g/mol. The van der Waals surface area contributed by atoms with Gasteiger partial charge in [-0.1, -0.05) is 23.2 Å². The van der Waals surface area contributed by atoms with Gasteiger partial charge in [0.2, 0.25) is 17.2 Å². The summed E-state index contributed by atoms with van der Waals surface area (Å²) in [5.74, 6) is 0.876. The van der Waals surface area contributed by atoms with Crippen LogP contribution >= 0.6 is 23.2 Å². The van der Waals surface area contributed by atoms with E-state index in [1.54, 1.807) is 29.0 Å². The Morgan fingerprint density at radius 2 is 1.89 bits per heavy atom. The highest BCUT2D eigenvalue weighted by molar-refractivity contribution is 6.34. The van der Waals surface area contributed by atoms with E-state index >= 15 is 0 Å². The highest BCUT2D eigenvalue weighted by atomic mass is 35.5. The Kier molecular flexibility index (Phi) is 7.46. The number of hydrogen-bond acceptors (Lipinski definition) is 9. The molecule has 3 atom stereocenters. The Balaban J connectivity index is 1.12. The van der Waals surface area contributed by atoms with Gasteiger partial charge in [-0.05, 0) is 76.0 Å². The number of aromatic carboxylic acids is 1. The fourth-order valence-electron chi connectivity index (χ4n) is 6.76. The van der Waals surface area contributed by atoms with Crippen LogP contribution in [0.3, 0.4) is 0 Å². The molecular formula is C34H34Cl2N6O5. The maximum Gasteiger partial charge on any atom is 0.341 e. The summed E-state index contributed by atoms with van der Waals surface area (Å²) in [5, 5.41) is 10.9. The molecule has 8 rings (SSSR count). The number of carboxylic acid groups (broad SMARTS) is 1. The van der Waals surface area contributed by atoms with E-state index in [9.17, 15) is 14.7 Å². The summed E-state index contributed by atoms with van der Waals surface area (Å²) in [5.41, 5.74) is 1.02. The smallest absolute Gasteiger partial charge is 0.341 e. The van der Waals surface area contributed by atoms with E-state index in [0.717, 1.165) is 50.3 Å². The minimum Gasteiger partial charge on any atom is -0.477 e. The molecule has 11 nitrogen and oxygen atoms in total. The molecule has 2 aliphatic heterocycles. The van der Waals surface area contributed by atoms with Crippen LogP contribution in [0.1, 0.15) is 36.0 Å². The van der Waals surface area contributed by atoms with Crippen LogP contribution < -0.4 is 24.7 Å². The third kappa shape index (κ3) is 5.64. The van der Waals surface area contributed by atoms with Crippen LogP contribution in [0.2, 0.25) is 10.0 Å². The molecule has 2 saturated heterocycles. The number of carboxylic acids is 1. The zero-order chi connectivity index (χ0) is 32.6. The highest BCUT2D eigenvalue weighted by Gasteiger charge is 2.52. The summed E-state index contributed by atoms with van der Waals surface area (Å²) in [7, 11) is 4.14. The molecule has 1 N–H and O–H groups in total. The highest BCUT2D eigenvalue weighted by Crippen LogP contribution is 2.51. The van der Waals surface area contributed by atoms with Gasteiger partial charge in [-0.15, -0.1) is 0 Å². The van der Waals surface area contributed by atoms with Crippen LogP contribution in [-0.4, -0.2) is 88.5 Å². The van der Waals surface area contributed by atoms with Gasteiger partial charge in [0.05, 0.1) is 34.2 Å². The third-order valence-corrected chi connectivity index (χ3v) is 10.3. The number of anilines is 2. The van der Waals surface area contributed by atoms with Crippen LogP contribution in [0.15, 0.2) is 53.6 Å². The molecule has 3 aromatic heterocycles. The Morgan fingerprint density at radius 1 is 1.09 bits per heavy atom. The summed E-state index contributed by atoms with van der Waals surface area (Å²) >= 11 is 13.4. The van der Waals surface area contributed by atoms with E-state index in [2.05, 4.69) is 33.8 Å². The largest absolute Gasteiger partial charge is 0.477 e. The molecule has 2 aliphatic carbocycles. The summed E-state index contributed by atoms with van der Waals surface area (Å²) in [6.45, 7) is 2.11. The minimum absolute atomic E-state index is 0.0125. The predicted octanol–water partition coefficient (Wildman–Crippen LogP) is 5.12. The number of aromatic nitrogens is 3. The molecule has 244 valence electrons. The predicted molar refractivity (Wildman–Crippen MR) is 180 cm³/mol. The van der Waals surface area contributed by atoms with E-state index in [1.165, 1.54) is 6.20 Å². The number of pyridine rings is 3. The quantitative estimate of drug-likeness (QED) is 0.243. The molecule has 2 saturated carbocycles. The first kappa shape index (κ1) is 30.3. The van der Waals surface area contributed by atoms with E-state index in [4.69, 9.17) is 37.7 Å². The van der Waals surface area contributed by atoms with Gasteiger partial charge in [-0.25, -0.2) is 9.78 Å². The second-order valence-electron chi connectivity index (χ2n) is 13.2. The van der Waals surface area contributed by atoms with Crippen LogP contribution in [0, 0.1) is 5.92 Å². The maximum atomic E-state index is 13.4. The van der Waals surface area contributed by atoms with Crippen LogP contribution in [0.4, 0.5) is 11.5 Å². The van der Waals surface area contributed by atoms with Gasteiger partial charge in [-0.3, -0.25) is 4.79 Å². The van der Waals surface area contributed by atoms with Crippen LogP contribution in [0.5, 0.6) is 11.8 Å². The average molecular weight is 678 g/mol. The number of ether oxygens (including phenoxy) is 2. The molecule has 1 aromatic carbocycles. The number of fused-ring (bicyclic) bond motifs is 2. The molecule has 0 radical (unpaired) electrons. The fourth-order valence-corrected chi connectivity index (χ4v) is 7.18. The van der Waals surface area contributed by atoms with Crippen molar-refractivity contribution in [2.75, 3.05) is 43.6 Å². The summed E-state index contributed by atoms with van der Waals surface area (Å²) < 4.78 is 13.7. The molecule has 0 amide bonds. The van der Waals surface area contributed by atoms with Crippen molar-refractivity contribution in [3.8, 4) is 17.4 Å². The van der Waals surface area contributed by atoms with Gasteiger partial charge in [0.1, 0.15) is 29.1 Å². The van der Waals surface area contributed by atoms with Crippen molar-refractivity contribution in [2.45, 2.75) is 49.9 Å². The number of carbonyl (C=O) groups is 1. The summed E-state index contributed by atoms with van der Waals surface area (Å²) in [6, 6.07) is 11.5. The first-order valence-corrected chi connectivity index (χ1v) is 16.6. The van der Waals surface area contributed by atoms with E-state index in [-0.39, 0.29) is 29.1 Å². The van der Waals surface area contributed by atoms with Crippen molar-refractivity contribution in [3.05, 3.63) is 74.6 Å². The lowest BCUT2D eigenvalue weighted by Crippen LogP contribution is -2.57. The van der Waals surface area contributed by atoms with Gasteiger partial charge in [0, 0.05) is 42.8 Å². The topological polar surface area (TPSA) is 113 Å². The second kappa shape index (κ2) is 11.6. The molecule has 4 aromatic rings. The standard InChI is InChI=1S/C34H34Cl2N6O5/c1-39(2)21-14-40(15-21)30-7-3-19(13-37-30)41-16-24(34(44)45)32(43)23-11-26(36)29(12-28(23)41)42-20(9-18-10-27(18)42)17-46-33-25(35)6-8-31(38-33)47-22-4-5-22/h3,6-8,11-13,16,18,20-22,27H,4-5,9-10,14-15,17H2,1-2H3,(H,44,45)/t18?,20-,27?/m1/s1. The molecule has 4 fully saturated rings. The first-order chi connectivity index (χ1) is 22.6. The van der Waals surface area contributed by atoms with Crippen molar-refractivity contribution >= 4 is 51.6 Å². The zero-order valence-corrected chi connectivity index (χ0v) is 27.5. The monoisotopic (exact) mass is 676 g/mol. The lowest BCUT2D eigenvalue weighted by molar-refractivity contribution is 0.0695. The Labute approximate surface area is 281 Å². The van der Waals surface area contributed by atoms with Gasteiger partial charge in [0.25, 0.3) is 0 Å². The van der Waals surface area contributed by atoms with Crippen LogP contribution in [0.25, 0.3) is 16.6 Å². The number of hydrogen-bond donors (Lipinski definition) is 1. The number of piperidine rings is 1. The van der Waals surface area contributed by atoms with E-state index in [1.807, 2.05) is 18.2 Å². The Bertz CT molecular complexity index is 1940. The SMILES string of the molecule is CN(C)C1CN(c2ccc(-n3cc(C(=O)O)c(=O)c4cc(Cl)c(N5C6CC6C[C@@H]5COc5nc(OC6CC6)ccc5Cl)cc43)cn2)C1. The lowest BCUT2D eigenvalue weighted by atomic mass is 10.1. The molecule has 5 heterocycles. The molecule has 4 aliphatic rings. The van der Waals surface area contributed by atoms with Crippen molar-refractivity contribution < 1.29 is 19.4 Å². The molecule has 13 heteroatoms. The Hall–Kier alpha value is -4.06. The third-order valence-electron chi connectivity index (χ3n) is 9.73. The number of rotatable bonds is 10. The first-order valence-electron chi connectivity index (χ1n) is 15.9. The van der Waals surface area contributed by atoms with Gasteiger partial charge < -0.3 is 33.8 Å². The number of benzene rings is 1. The summed E-state index contributed by atoms with van der Waals surface area (Å²) in [4.78, 5) is 41.4. The molecule has 0 spiro atoms. The molecule has 2 unspecified atom stereocenters. The molecule has 0 bridgehead atoms. The fraction of sp³-hybridized carbons (Fsp3) is 0.412. The number of nitrogens with zero attached hydrogens (tertiary/aromatic N) is 6. The lowest BCUT2D eigenvalue weighted by Gasteiger charge is -2.43. The minimum atomic E-state index is -1.30. The van der Waals surface area contributed by atoms with Crippen molar-refractivity contribution in [3.63, 3.8) is 0 Å². The van der Waals surface area contributed by atoms with Gasteiger partial charge >= 0.3 is 5.97 Å². The zero-order valence-electron chi connectivity index (χ0n) is 26.0. The average Bonchev–Trinajstić information content (AvgIpc) is 3.95. The normalized spacial score (nSPS) is 22.0. The number of halogens is 2. The number of likely N-dealkylation sites (N-methyl/N-ethyl adjacent to an activating group) is 1. The second-order valence-corrected chi connectivity index (χ2v) is 14.0. The van der Waals surface area contributed by atoms with Crippen LogP contribution in [-0.2, 0) is 0 Å². The Morgan fingerprint density at radius 3 is 2.60 bits per heavy atom. The van der Waals surface area contributed by atoms with Crippen molar-refractivity contribution in [2.24, 2.45) is 5.92 Å². The van der Waals surface area contributed by atoms with Gasteiger partial charge in [-0.2, -0.15) is 4.98 Å². The maximum absolute atomic E-state index is 13.4. The van der Waals surface area contributed by atoms with E-state index in [0.29, 0.717) is 51.6 Å². The van der Waals surface area contributed by atoms with Crippen molar-refractivity contribution in [1.29, 1.82) is 0 Å². The van der Waals surface area contributed by atoms with Crippen molar-refractivity contribution in [1.82, 2.24) is 19.4 Å². The molecule has 47 heavy (non-hydrogen) atoms. The van der Waals surface area contributed by atoms with Gasteiger partial charge in [0.15, 0.2) is 0 Å².